The summed E-state index contributed by atoms with van der Waals surface area (Å²) in [6, 6.07) is 0. The average Bonchev–Trinajstić information content (AvgIpc) is 3.06. The number of nitrogens with one attached hydrogen (secondary N) is 1. The minimum Gasteiger partial charge on any atom is -0.480 e. The summed E-state index contributed by atoms with van der Waals surface area (Å²) in [5, 5.41) is 12.4. The summed E-state index contributed by atoms with van der Waals surface area (Å²) in [4.78, 5) is 24.1. The minimum atomic E-state index is -1.13. The number of hydrogen-bond donors (Lipinski definition) is 2. The van der Waals surface area contributed by atoms with E-state index in [0.717, 1.165) is 38.7 Å². The molecule has 1 aliphatic carbocycles. The van der Waals surface area contributed by atoms with Gasteiger partial charge in [0.2, 0.25) is 5.91 Å². The van der Waals surface area contributed by atoms with Crippen LogP contribution in [0.2, 0.25) is 0 Å². The molecule has 0 bridgehead atoms. The first kappa shape index (κ1) is 18.2. The second-order valence-corrected chi connectivity index (χ2v) is 6.84. The highest BCUT2D eigenvalue weighted by atomic mass is 16.5. The molecular weight excluding hydrogens is 298 g/mol. The van der Waals surface area contributed by atoms with Crippen LogP contribution in [0.4, 0.5) is 0 Å². The summed E-state index contributed by atoms with van der Waals surface area (Å²) in [6.07, 6.45) is 5.09. The van der Waals surface area contributed by atoms with Gasteiger partial charge in [-0.25, -0.2) is 4.79 Å². The van der Waals surface area contributed by atoms with Crippen molar-refractivity contribution in [2.75, 3.05) is 13.2 Å². The number of rotatable bonds is 7. The van der Waals surface area contributed by atoms with Gasteiger partial charge in [-0.2, -0.15) is 0 Å². The van der Waals surface area contributed by atoms with Crippen LogP contribution in [0.3, 0.4) is 0 Å². The van der Waals surface area contributed by atoms with Crippen LogP contribution < -0.4 is 5.32 Å². The zero-order chi connectivity index (χ0) is 16.9. The average molecular weight is 327 g/mol. The lowest BCUT2D eigenvalue weighted by atomic mass is 9.75. The van der Waals surface area contributed by atoms with Crippen molar-refractivity contribution in [2.45, 2.75) is 76.5 Å². The van der Waals surface area contributed by atoms with Crippen LogP contribution in [0, 0.1) is 5.92 Å². The molecule has 2 aliphatic rings. The van der Waals surface area contributed by atoms with Crippen molar-refractivity contribution in [2.24, 2.45) is 5.92 Å². The Bertz CT molecular complexity index is 411. The predicted octanol–water partition coefficient (Wildman–Crippen LogP) is 2.11. The van der Waals surface area contributed by atoms with Gasteiger partial charge in [-0.1, -0.05) is 13.3 Å². The molecule has 2 fully saturated rings. The Morgan fingerprint density at radius 2 is 2.04 bits per heavy atom. The zero-order valence-electron chi connectivity index (χ0n) is 14.2. The molecule has 2 atom stereocenters. The van der Waals surface area contributed by atoms with Gasteiger partial charge in [-0.15, -0.1) is 0 Å². The lowest BCUT2D eigenvalue weighted by Crippen LogP contribution is -2.58. The van der Waals surface area contributed by atoms with Gasteiger partial charge in [0.25, 0.3) is 0 Å². The molecule has 2 N–H and O–H groups in total. The summed E-state index contributed by atoms with van der Waals surface area (Å²) < 4.78 is 11.0. The summed E-state index contributed by atoms with van der Waals surface area (Å²) in [7, 11) is 0. The third-order valence-corrected chi connectivity index (χ3v) is 5.23. The number of hydrogen-bond acceptors (Lipinski definition) is 4. The molecule has 132 valence electrons. The third-order valence-electron chi connectivity index (χ3n) is 5.23. The monoisotopic (exact) mass is 327 g/mol. The minimum absolute atomic E-state index is 0.0543. The normalized spacial score (nSPS) is 32.4. The van der Waals surface area contributed by atoms with Crippen molar-refractivity contribution in [3.05, 3.63) is 0 Å². The molecule has 1 saturated carbocycles. The highest BCUT2D eigenvalue weighted by Crippen LogP contribution is 2.34. The lowest BCUT2D eigenvalue weighted by molar-refractivity contribution is -0.152. The van der Waals surface area contributed by atoms with Gasteiger partial charge in [-0.3, -0.25) is 4.79 Å². The van der Waals surface area contributed by atoms with E-state index in [2.05, 4.69) is 12.2 Å². The molecule has 0 spiro atoms. The van der Waals surface area contributed by atoms with E-state index >= 15 is 0 Å². The first-order valence-electron chi connectivity index (χ1n) is 8.75. The van der Waals surface area contributed by atoms with Crippen molar-refractivity contribution in [3.63, 3.8) is 0 Å². The van der Waals surface area contributed by atoms with E-state index in [4.69, 9.17) is 9.47 Å². The molecule has 1 saturated heterocycles. The molecule has 1 amide bonds. The standard InChI is InChI=1S/C17H29NO5/c1-3-13-6-8-17(9-7-13,16(20)21)18-15(19)12(2)23-11-14-5-4-10-22-14/h12-14H,3-11H2,1-2H3,(H,18,19)(H,20,21). The molecule has 2 rings (SSSR count). The molecule has 6 nitrogen and oxygen atoms in total. The molecular formula is C17H29NO5. The van der Waals surface area contributed by atoms with E-state index in [0.29, 0.717) is 25.4 Å². The quantitative estimate of drug-likeness (QED) is 0.748. The number of aliphatic carboxylic acids is 1. The predicted molar refractivity (Wildman–Crippen MR) is 85.1 cm³/mol. The van der Waals surface area contributed by atoms with Crippen LogP contribution in [-0.4, -0.2) is 47.9 Å². The fourth-order valence-electron chi connectivity index (χ4n) is 3.41. The highest BCUT2D eigenvalue weighted by Gasteiger charge is 2.43. The number of carboxylic acids is 1. The zero-order valence-corrected chi connectivity index (χ0v) is 14.2. The van der Waals surface area contributed by atoms with Crippen molar-refractivity contribution >= 4 is 11.9 Å². The van der Waals surface area contributed by atoms with Crippen molar-refractivity contribution in [3.8, 4) is 0 Å². The first-order chi connectivity index (χ1) is 11.0. The van der Waals surface area contributed by atoms with E-state index in [1.165, 1.54) is 0 Å². The topological polar surface area (TPSA) is 84.9 Å². The number of carbonyl (C=O) groups excluding carboxylic acids is 1. The molecule has 0 aromatic rings. The van der Waals surface area contributed by atoms with E-state index in [1.807, 2.05) is 0 Å². The highest BCUT2D eigenvalue weighted by molar-refractivity contribution is 5.89. The van der Waals surface area contributed by atoms with Crippen molar-refractivity contribution < 1.29 is 24.2 Å². The van der Waals surface area contributed by atoms with Gasteiger partial charge < -0.3 is 19.9 Å². The van der Waals surface area contributed by atoms with Crippen LogP contribution in [0.1, 0.15) is 58.8 Å². The van der Waals surface area contributed by atoms with Crippen molar-refractivity contribution in [1.82, 2.24) is 5.32 Å². The van der Waals surface area contributed by atoms with Gasteiger partial charge in [0.05, 0.1) is 12.7 Å². The van der Waals surface area contributed by atoms with Gasteiger partial charge in [0.15, 0.2) is 0 Å². The van der Waals surface area contributed by atoms with Gasteiger partial charge >= 0.3 is 5.97 Å². The van der Waals surface area contributed by atoms with Crippen LogP contribution in [-0.2, 0) is 19.1 Å². The molecule has 6 heteroatoms. The van der Waals surface area contributed by atoms with E-state index < -0.39 is 17.6 Å². The Morgan fingerprint density at radius 3 is 2.57 bits per heavy atom. The first-order valence-corrected chi connectivity index (χ1v) is 8.75. The van der Waals surface area contributed by atoms with Crippen LogP contribution >= 0.6 is 0 Å². The van der Waals surface area contributed by atoms with E-state index in [-0.39, 0.29) is 12.0 Å². The second-order valence-electron chi connectivity index (χ2n) is 6.84. The maximum atomic E-state index is 12.3. The van der Waals surface area contributed by atoms with Gasteiger partial charge in [0.1, 0.15) is 11.6 Å². The molecule has 0 aromatic carbocycles. The Kier molecular flexibility index (Phi) is 6.41. The number of ether oxygens (including phenoxy) is 2. The molecule has 23 heavy (non-hydrogen) atoms. The fourth-order valence-corrected chi connectivity index (χ4v) is 3.41. The molecule has 2 unspecified atom stereocenters. The largest absolute Gasteiger partial charge is 0.480 e. The molecule has 1 aliphatic heterocycles. The smallest absolute Gasteiger partial charge is 0.329 e. The van der Waals surface area contributed by atoms with Crippen molar-refractivity contribution in [1.29, 1.82) is 0 Å². The molecule has 0 radical (unpaired) electrons. The molecule has 1 heterocycles. The number of carbonyl (C=O) groups is 2. The van der Waals surface area contributed by atoms with E-state index in [1.54, 1.807) is 6.92 Å². The van der Waals surface area contributed by atoms with Crippen LogP contribution in [0.5, 0.6) is 0 Å². The summed E-state index contributed by atoms with van der Waals surface area (Å²) in [6.45, 7) is 4.91. The number of amides is 1. The molecule has 0 aromatic heterocycles. The van der Waals surface area contributed by atoms with Crippen LogP contribution in [0.15, 0.2) is 0 Å². The maximum absolute atomic E-state index is 12.3. The Hall–Kier alpha value is -1.14. The number of carboxylic acid groups (broad SMARTS) is 1. The Balaban J connectivity index is 1.86. The van der Waals surface area contributed by atoms with Gasteiger partial charge in [-0.05, 0) is 51.4 Å². The Labute approximate surface area is 137 Å². The fraction of sp³-hybridized carbons (Fsp3) is 0.882. The Morgan fingerprint density at radius 1 is 1.35 bits per heavy atom. The summed E-state index contributed by atoms with van der Waals surface area (Å²) >= 11 is 0. The summed E-state index contributed by atoms with van der Waals surface area (Å²) in [5.41, 5.74) is -1.13. The second kappa shape index (κ2) is 8.11. The maximum Gasteiger partial charge on any atom is 0.329 e. The van der Waals surface area contributed by atoms with E-state index in [9.17, 15) is 14.7 Å². The third kappa shape index (κ3) is 4.67. The SMILES string of the molecule is CCC1CCC(NC(=O)C(C)OCC2CCCO2)(C(=O)O)CC1. The lowest BCUT2D eigenvalue weighted by Gasteiger charge is -2.37. The van der Waals surface area contributed by atoms with Gasteiger partial charge in [0, 0.05) is 6.61 Å². The van der Waals surface area contributed by atoms with Crippen LogP contribution in [0.25, 0.3) is 0 Å². The summed E-state index contributed by atoms with van der Waals surface area (Å²) in [5.74, 6) is -0.723.